The number of carbonyl (C=O) groups excluding carboxylic acids is 1. The second kappa shape index (κ2) is 5.80. The molecule has 4 nitrogen and oxygen atoms in total. The second-order valence-corrected chi connectivity index (χ2v) is 7.39. The number of H-pyrrole nitrogens is 1. The van der Waals surface area contributed by atoms with Crippen molar-refractivity contribution >= 4 is 16.8 Å². The molecule has 2 heterocycles. The summed E-state index contributed by atoms with van der Waals surface area (Å²) in [5.74, 6) is 3.19. The normalized spacial score (nSPS) is 19.4. The molecule has 0 radical (unpaired) electrons. The summed E-state index contributed by atoms with van der Waals surface area (Å²) >= 11 is 0. The van der Waals surface area contributed by atoms with E-state index in [4.69, 9.17) is 4.42 Å². The molecule has 1 aromatic carbocycles. The fourth-order valence-corrected chi connectivity index (χ4v) is 3.57. The monoisotopic (exact) mass is 336 g/mol. The molecule has 0 spiro atoms. The Balaban J connectivity index is 1.56. The van der Waals surface area contributed by atoms with Gasteiger partial charge in [0.25, 0.3) is 5.91 Å². The maximum Gasteiger partial charge on any atom is 0.256 e. The van der Waals surface area contributed by atoms with Crippen LogP contribution in [0.25, 0.3) is 10.9 Å². The van der Waals surface area contributed by atoms with Gasteiger partial charge in [-0.3, -0.25) is 4.79 Å². The average Bonchev–Trinajstić information content (AvgIpc) is 3.01. The molecule has 4 rings (SSSR count). The van der Waals surface area contributed by atoms with Crippen molar-refractivity contribution in [1.29, 1.82) is 0 Å². The summed E-state index contributed by atoms with van der Waals surface area (Å²) in [6.07, 6.45) is 1.20. The Hall–Kier alpha value is -2.49. The number of aromatic nitrogens is 1. The number of aryl methyl sites for hydroxylation is 2. The zero-order valence-electron chi connectivity index (χ0n) is 15.2. The summed E-state index contributed by atoms with van der Waals surface area (Å²) in [7, 11) is 1.83. The first-order chi connectivity index (χ1) is 12.0. The van der Waals surface area contributed by atoms with Gasteiger partial charge in [-0.1, -0.05) is 19.1 Å². The third-order valence-electron chi connectivity index (χ3n) is 5.47. The molecule has 1 aliphatic carbocycles. The molecule has 1 fully saturated rings. The summed E-state index contributed by atoms with van der Waals surface area (Å²) in [4.78, 5) is 18.0. The van der Waals surface area contributed by atoms with Gasteiger partial charge in [0.1, 0.15) is 11.5 Å². The molecule has 4 heteroatoms. The largest absolute Gasteiger partial charge is 0.464 e. The number of amides is 1. The predicted molar refractivity (Wildman–Crippen MR) is 98.8 cm³/mol. The number of hydrogen-bond acceptors (Lipinski definition) is 2. The van der Waals surface area contributed by atoms with Crippen LogP contribution in [0.3, 0.4) is 0 Å². The fraction of sp³-hybridized carbons (Fsp3) is 0.381. The van der Waals surface area contributed by atoms with E-state index in [9.17, 15) is 4.79 Å². The van der Waals surface area contributed by atoms with Gasteiger partial charge in [-0.05, 0) is 49.9 Å². The van der Waals surface area contributed by atoms with Gasteiger partial charge in [0, 0.05) is 24.0 Å². The molecule has 130 valence electrons. The van der Waals surface area contributed by atoms with Crippen LogP contribution in [0.4, 0.5) is 0 Å². The third kappa shape index (κ3) is 2.76. The van der Waals surface area contributed by atoms with E-state index in [1.807, 2.05) is 32.2 Å². The van der Waals surface area contributed by atoms with E-state index in [1.54, 1.807) is 4.90 Å². The van der Waals surface area contributed by atoms with Gasteiger partial charge in [0.15, 0.2) is 0 Å². The molecule has 0 saturated heterocycles. The van der Waals surface area contributed by atoms with E-state index in [-0.39, 0.29) is 5.91 Å². The van der Waals surface area contributed by atoms with Gasteiger partial charge in [-0.15, -0.1) is 0 Å². The van der Waals surface area contributed by atoms with E-state index in [1.165, 1.54) is 12.0 Å². The number of furan rings is 1. The molecule has 0 bridgehead atoms. The zero-order chi connectivity index (χ0) is 17.7. The number of nitrogens with one attached hydrogen (secondary N) is 1. The number of benzene rings is 1. The van der Waals surface area contributed by atoms with Gasteiger partial charge in [-0.2, -0.15) is 0 Å². The average molecular weight is 336 g/mol. The van der Waals surface area contributed by atoms with Gasteiger partial charge in [0.05, 0.1) is 17.6 Å². The number of fused-ring (bicyclic) bond motifs is 1. The zero-order valence-corrected chi connectivity index (χ0v) is 15.2. The first-order valence-electron chi connectivity index (χ1n) is 8.87. The van der Waals surface area contributed by atoms with Gasteiger partial charge >= 0.3 is 0 Å². The number of hydrogen-bond donors (Lipinski definition) is 1. The molecule has 3 aromatic rings. The maximum atomic E-state index is 13.0. The van der Waals surface area contributed by atoms with Crippen molar-refractivity contribution in [2.24, 2.45) is 5.92 Å². The van der Waals surface area contributed by atoms with Crippen LogP contribution in [0.5, 0.6) is 0 Å². The number of carbonyl (C=O) groups is 1. The van der Waals surface area contributed by atoms with Gasteiger partial charge < -0.3 is 14.3 Å². The van der Waals surface area contributed by atoms with Crippen molar-refractivity contribution in [3.63, 3.8) is 0 Å². The lowest BCUT2D eigenvalue weighted by Crippen LogP contribution is -2.26. The minimum Gasteiger partial charge on any atom is -0.464 e. The molecule has 1 N–H and O–H groups in total. The minimum absolute atomic E-state index is 0.00425. The summed E-state index contributed by atoms with van der Waals surface area (Å²) in [5.41, 5.74) is 3.92. The summed E-state index contributed by atoms with van der Waals surface area (Å²) in [5, 5.41) is 1.11. The standard InChI is InChI=1S/C21H24N2O2/c1-12-10-18(12)19-9-8-15(25-19)11-23(4)21(24)17-7-5-6-16-13(2)14(3)22-20(16)17/h5-9,12,18,22H,10-11H2,1-4H3/t12-,18+/m1/s1. The lowest BCUT2D eigenvalue weighted by molar-refractivity contribution is 0.0776. The smallest absolute Gasteiger partial charge is 0.256 e. The molecule has 1 aliphatic rings. The van der Waals surface area contributed by atoms with Crippen molar-refractivity contribution in [2.45, 2.75) is 39.7 Å². The highest BCUT2D eigenvalue weighted by molar-refractivity contribution is 6.06. The van der Waals surface area contributed by atoms with Crippen LogP contribution < -0.4 is 0 Å². The Kier molecular flexibility index (Phi) is 3.71. The Morgan fingerprint density at radius 1 is 1.28 bits per heavy atom. The fourth-order valence-electron chi connectivity index (χ4n) is 3.57. The van der Waals surface area contributed by atoms with Crippen molar-refractivity contribution in [1.82, 2.24) is 9.88 Å². The first kappa shape index (κ1) is 16.0. The summed E-state index contributed by atoms with van der Waals surface area (Å²) in [6, 6.07) is 9.94. The summed E-state index contributed by atoms with van der Waals surface area (Å²) in [6.45, 7) is 6.84. The van der Waals surface area contributed by atoms with E-state index in [2.05, 4.69) is 31.0 Å². The lowest BCUT2D eigenvalue weighted by atomic mass is 10.1. The number of para-hydroxylation sites is 1. The molecule has 0 aliphatic heterocycles. The number of nitrogens with zero attached hydrogens (tertiary/aromatic N) is 1. The Morgan fingerprint density at radius 3 is 2.76 bits per heavy atom. The van der Waals surface area contributed by atoms with Crippen LogP contribution in [0.1, 0.15) is 52.4 Å². The van der Waals surface area contributed by atoms with Crippen LogP contribution in [-0.2, 0) is 6.54 Å². The minimum atomic E-state index is 0.00425. The SMILES string of the molecule is Cc1[nH]c2c(C(=O)N(C)Cc3ccc([C@H]4C[C@H]4C)o3)cccc2c1C. The van der Waals surface area contributed by atoms with Crippen molar-refractivity contribution < 1.29 is 9.21 Å². The van der Waals surface area contributed by atoms with E-state index in [0.717, 1.165) is 34.0 Å². The van der Waals surface area contributed by atoms with Crippen molar-refractivity contribution in [3.8, 4) is 0 Å². The molecule has 25 heavy (non-hydrogen) atoms. The van der Waals surface area contributed by atoms with Crippen LogP contribution in [-0.4, -0.2) is 22.8 Å². The second-order valence-electron chi connectivity index (χ2n) is 7.39. The Morgan fingerprint density at radius 2 is 2.04 bits per heavy atom. The third-order valence-corrected chi connectivity index (χ3v) is 5.47. The maximum absolute atomic E-state index is 13.0. The van der Waals surface area contributed by atoms with Crippen molar-refractivity contribution in [2.75, 3.05) is 7.05 Å². The lowest BCUT2D eigenvalue weighted by Gasteiger charge is -2.16. The predicted octanol–water partition coefficient (Wildman–Crippen LogP) is 4.77. The Bertz CT molecular complexity index is 950. The highest BCUT2D eigenvalue weighted by atomic mass is 16.3. The number of rotatable bonds is 4. The van der Waals surface area contributed by atoms with Crippen molar-refractivity contribution in [3.05, 3.63) is 58.7 Å². The number of aromatic amines is 1. The molecule has 1 saturated carbocycles. The van der Waals surface area contributed by atoms with Gasteiger partial charge in [0.2, 0.25) is 0 Å². The van der Waals surface area contributed by atoms with Crippen LogP contribution in [0.15, 0.2) is 34.7 Å². The van der Waals surface area contributed by atoms with Crippen LogP contribution in [0.2, 0.25) is 0 Å². The van der Waals surface area contributed by atoms with E-state index in [0.29, 0.717) is 18.0 Å². The quantitative estimate of drug-likeness (QED) is 0.746. The topological polar surface area (TPSA) is 49.2 Å². The molecular formula is C21H24N2O2. The van der Waals surface area contributed by atoms with E-state index >= 15 is 0 Å². The highest BCUT2D eigenvalue weighted by Crippen LogP contribution is 2.47. The molecule has 2 aromatic heterocycles. The van der Waals surface area contributed by atoms with E-state index < -0.39 is 0 Å². The highest BCUT2D eigenvalue weighted by Gasteiger charge is 2.36. The van der Waals surface area contributed by atoms with Gasteiger partial charge in [-0.25, -0.2) is 0 Å². The molecule has 2 atom stereocenters. The Labute approximate surface area is 147 Å². The molecule has 1 amide bonds. The molecular weight excluding hydrogens is 312 g/mol. The molecule has 0 unspecified atom stereocenters. The van der Waals surface area contributed by atoms with Crippen LogP contribution in [0, 0.1) is 19.8 Å². The van der Waals surface area contributed by atoms with Crippen LogP contribution >= 0.6 is 0 Å². The summed E-state index contributed by atoms with van der Waals surface area (Å²) < 4.78 is 5.94. The first-order valence-corrected chi connectivity index (χ1v) is 8.87.